The Morgan fingerprint density at radius 2 is 1.82 bits per heavy atom. The number of nitrogens with zero attached hydrogens (tertiary/aromatic N) is 1. The Labute approximate surface area is 103 Å². The maximum Gasteiger partial charge on any atom is 0.166 e. The summed E-state index contributed by atoms with van der Waals surface area (Å²) in [4.78, 5) is 0. The van der Waals surface area contributed by atoms with E-state index in [2.05, 4.69) is 13.6 Å². The van der Waals surface area contributed by atoms with Gasteiger partial charge in [0.1, 0.15) is 5.70 Å². The Hall–Kier alpha value is -1.12. The minimum atomic E-state index is -0.813. The largest absolute Gasteiger partial charge is 0.375 e. The average Bonchev–Trinajstić information content (AvgIpc) is 2.37. The van der Waals surface area contributed by atoms with E-state index in [1.165, 1.54) is 0 Å². The van der Waals surface area contributed by atoms with E-state index in [9.17, 15) is 5.11 Å². The molecule has 1 aromatic rings. The van der Waals surface area contributed by atoms with E-state index in [4.69, 9.17) is 0 Å². The number of piperidine rings is 3. The first kappa shape index (κ1) is 11.0. The molecular formula is C15H20NO+. The van der Waals surface area contributed by atoms with E-state index >= 15 is 0 Å². The number of hydrogen-bond acceptors (Lipinski definition) is 1. The summed E-state index contributed by atoms with van der Waals surface area (Å²) in [6.45, 7) is 6.47. The van der Waals surface area contributed by atoms with Gasteiger partial charge in [0.2, 0.25) is 0 Å². The van der Waals surface area contributed by atoms with Crippen LogP contribution in [0.3, 0.4) is 0 Å². The third-order valence-corrected chi connectivity index (χ3v) is 4.84. The molecule has 0 radical (unpaired) electrons. The summed E-state index contributed by atoms with van der Waals surface area (Å²) in [5.74, 6) is 0.345. The maximum absolute atomic E-state index is 11.2. The number of hydrogen-bond donors (Lipinski definition) is 1. The second kappa shape index (κ2) is 3.44. The summed E-state index contributed by atoms with van der Waals surface area (Å²) in [6.07, 6.45) is 2.20. The molecule has 90 valence electrons. The minimum absolute atomic E-state index is 0.345. The van der Waals surface area contributed by atoms with E-state index in [-0.39, 0.29) is 0 Å². The van der Waals surface area contributed by atoms with Gasteiger partial charge in [-0.15, -0.1) is 0 Å². The van der Waals surface area contributed by atoms with Gasteiger partial charge in [0.25, 0.3) is 0 Å². The van der Waals surface area contributed by atoms with Crippen molar-refractivity contribution in [2.45, 2.75) is 18.4 Å². The first-order chi connectivity index (χ1) is 8.07. The molecule has 2 heteroatoms. The van der Waals surface area contributed by atoms with E-state index in [1.807, 2.05) is 30.3 Å². The Kier molecular flexibility index (Phi) is 2.22. The number of rotatable bonds is 1. The fraction of sp³-hybridized carbons (Fsp3) is 0.467. The number of benzene rings is 1. The van der Waals surface area contributed by atoms with Gasteiger partial charge in [0.15, 0.2) is 5.60 Å². The lowest BCUT2D eigenvalue weighted by Gasteiger charge is -2.55. The van der Waals surface area contributed by atoms with Crippen molar-refractivity contribution in [3.05, 3.63) is 48.2 Å². The van der Waals surface area contributed by atoms with Gasteiger partial charge in [-0.1, -0.05) is 30.3 Å². The minimum Gasteiger partial charge on any atom is -0.375 e. The Balaban J connectivity index is 2.11. The van der Waals surface area contributed by atoms with Gasteiger partial charge in [-0.05, 0) is 12.1 Å². The first-order valence-electron chi connectivity index (χ1n) is 6.40. The highest BCUT2D eigenvalue weighted by molar-refractivity contribution is 5.32. The number of quaternary nitrogens is 1. The Bertz CT molecular complexity index is 445. The molecule has 3 saturated heterocycles. The van der Waals surface area contributed by atoms with Crippen LogP contribution in [0.4, 0.5) is 0 Å². The van der Waals surface area contributed by atoms with Crippen molar-refractivity contribution < 1.29 is 9.59 Å². The van der Waals surface area contributed by atoms with Crippen molar-refractivity contribution in [1.29, 1.82) is 0 Å². The predicted molar refractivity (Wildman–Crippen MR) is 68.1 cm³/mol. The van der Waals surface area contributed by atoms with Crippen molar-refractivity contribution in [2.75, 3.05) is 20.1 Å². The summed E-state index contributed by atoms with van der Waals surface area (Å²) >= 11 is 0. The van der Waals surface area contributed by atoms with Crippen LogP contribution >= 0.6 is 0 Å². The fourth-order valence-corrected chi connectivity index (χ4v) is 3.57. The van der Waals surface area contributed by atoms with E-state index < -0.39 is 5.60 Å². The molecule has 3 fully saturated rings. The highest BCUT2D eigenvalue weighted by atomic mass is 16.3. The molecule has 0 unspecified atom stereocenters. The molecule has 3 heterocycles. The zero-order valence-electron chi connectivity index (χ0n) is 10.4. The van der Waals surface area contributed by atoms with Gasteiger partial charge in [-0.2, -0.15) is 0 Å². The molecule has 2 nitrogen and oxygen atoms in total. The van der Waals surface area contributed by atoms with E-state index in [0.717, 1.165) is 41.7 Å². The molecule has 1 N–H and O–H groups in total. The third kappa shape index (κ3) is 1.34. The lowest BCUT2D eigenvalue weighted by Crippen LogP contribution is -2.63. The van der Waals surface area contributed by atoms with Crippen molar-refractivity contribution in [3.8, 4) is 0 Å². The predicted octanol–water partition coefficient (Wildman–Crippen LogP) is 2.26. The molecular weight excluding hydrogens is 210 g/mol. The number of likely N-dealkylation sites (N-methyl/N-ethyl adjacent to an activating group) is 1. The highest BCUT2D eigenvalue weighted by Crippen LogP contribution is 2.51. The van der Waals surface area contributed by atoms with Crippen LogP contribution in [-0.4, -0.2) is 29.7 Å². The summed E-state index contributed by atoms with van der Waals surface area (Å²) in [5.41, 5.74) is 1.18. The fourth-order valence-electron chi connectivity index (χ4n) is 3.57. The lowest BCUT2D eigenvalue weighted by atomic mass is 9.68. The third-order valence-electron chi connectivity index (χ3n) is 4.84. The molecule has 0 aliphatic carbocycles. The van der Waals surface area contributed by atoms with Crippen LogP contribution in [0.15, 0.2) is 42.6 Å². The van der Waals surface area contributed by atoms with E-state index in [1.54, 1.807) is 0 Å². The molecule has 0 saturated carbocycles. The van der Waals surface area contributed by atoms with Gasteiger partial charge in [-0.25, -0.2) is 0 Å². The topological polar surface area (TPSA) is 20.2 Å². The molecule has 1 aromatic carbocycles. The Morgan fingerprint density at radius 1 is 1.24 bits per heavy atom. The normalized spacial score (nSPS) is 40.6. The molecule has 2 bridgehead atoms. The van der Waals surface area contributed by atoms with Crippen LogP contribution in [0.25, 0.3) is 0 Å². The Morgan fingerprint density at radius 3 is 2.41 bits per heavy atom. The van der Waals surface area contributed by atoms with Gasteiger partial charge < -0.3 is 5.11 Å². The molecule has 0 spiro atoms. The molecule has 0 amide bonds. The van der Waals surface area contributed by atoms with Gasteiger partial charge >= 0.3 is 0 Å². The second-order valence-electron chi connectivity index (χ2n) is 5.70. The van der Waals surface area contributed by atoms with Crippen LogP contribution < -0.4 is 0 Å². The van der Waals surface area contributed by atoms with Gasteiger partial charge in [0.05, 0.1) is 20.1 Å². The lowest BCUT2D eigenvalue weighted by molar-refractivity contribution is -0.896. The zero-order chi connectivity index (χ0) is 12.1. The number of fused-ring (bicyclic) bond motifs is 3. The first-order valence-corrected chi connectivity index (χ1v) is 6.40. The van der Waals surface area contributed by atoms with Crippen molar-refractivity contribution in [2.24, 2.45) is 5.92 Å². The monoisotopic (exact) mass is 230 g/mol. The maximum atomic E-state index is 11.2. The van der Waals surface area contributed by atoms with Crippen LogP contribution in [-0.2, 0) is 5.60 Å². The highest BCUT2D eigenvalue weighted by Gasteiger charge is 2.57. The summed E-state index contributed by atoms with van der Waals surface area (Å²) in [6, 6.07) is 10.0. The number of aliphatic hydroxyl groups is 1. The summed E-state index contributed by atoms with van der Waals surface area (Å²) in [7, 11) is 2.20. The van der Waals surface area contributed by atoms with Crippen LogP contribution in [0.2, 0.25) is 0 Å². The van der Waals surface area contributed by atoms with Crippen molar-refractivity contribution in [3.63, 3.8) is 0 Å². The van der Waals surface area contributed by atoms with Gasteiger partial charge in [-0.3, -0.25) is 4.48 Å². The van der Waals surface area contributed by atoms with Crippen LogP contribution in [0.5, 0.6) is 0 Å². The SMILES string of the molecule is C=C1[C@@](O)(c2ccccc2)C2CC[N+]1(C)CC2. The van der Waals surface area contributed by atoms with Crippen molar-refractivity contribution in [1.82, 2.24) is 0 Å². The summed E-state index contributed by atoms with van der Waals surface area (Å²) in [5, 5.41) is 11.2. The zero-order valence-corrected chi connectivity index (χ0v) is 10.4. The van der Waals surface area contributed by atoms with Gasteiger partial charge in [0, 0.05) is 18.8 Å². The smallest absolute Gasteiger partial charge is 0.166 e. The molecule has 1 atom stereocenters. The van der Waals surface area contributed by atoms with Crippen molar-refractivity contribution >= 4 is 0 Å². The second-order valence-corrected chi connectivity index (χ2v) is 5.70. The standard InChI is InChI=1S/C15H20NO/c1-12-15(17,13-6-4-3-5-7-13)14-8-10-16(12,2)11-9-14/h3-7,14,17H,1,8-11H2,2H3/q+1/t14?,15-,16?/m1/s1. The quantitative estimate of drug-likeness (QED) is 0.734. The van der Waals surface area contributed by atoms with E-state index in [0.29, 0.717) is 5.92 Å². The van der Waals surface area contributed by atoms with Crippen LogP contribution in [0.1, 0.15) is 18.4 Å². The molecule has 0 aromatic heterocycles. The molecule has 4 rings (SSSR count). The molecule has 3 aliphatic heterocycles. The summed E-state index contributed by atoms with van der Waals surface area (Å²) < 4.78 is 0.835. The van der Waals surface area contributed by atoms with Crippen LogP contribution in [0, 0.1) is 5.92 Å². The molecule has 3 aliphatic rings. The average molecular weight is 230 g/mol. The molecule has 17 heavy (non-hydrogen) atoms.